The topological polar surface area (TPSA) is 99.7 Å². The van der Waals surface area contributed by atoms with E-state index in [9.17, 15) is 28.2 Å². The van der Waals surface area contributed by atoms with Crippen LogP contribution in [0, 0.1) is 0 Å². The monoisotopic (exact) mass is 532 g/mol. The third kappa shape index (κ3) is 8.11. The van der Waals surface area contributed by atoms with E-state index >= 15 is 0 Å². The van der Waals surface area contributed by atoms with Gasteiger partial charge in [-0.3, -0.25) is 9.20 Å². The fourth-order valence-electron chi connectivity index (χ4n) is 4.41. The highest BCUT2D eigenvalue weighted by Gasteiger charge is 2.27. The van der Waals surface area contributed by atoms with Crippen molar-refractivity contribution in [1.29, 1.82) is 0 Å². The fourth-order valence-corrected chi connectivity index (χ4v) is 4.41. The summed E-state index contributed by atoms with van der Waals surface area (Å²) >= 11 is 0. The van der Waals surface area contributed by atoms with Crippen molar-refractivity contribution < 1.29 is 33.0 Å². The molecule has 3 heterocycles. The maximum Gasteiger partial charge on any atom is 0.389 e. The molecule has 0 saturated carbocycles. The number of pyridine rings is 1. The maximum absolute atomic E-state index is 12.4. The average molecular weight is 533 g/mol. The van der Waals surface area contributed by atoms with E-state index in [4.69, 9.17) is 4.84 Å². The minimum absolute atomic E-state index is 0.0559. The number of halogens is 3. The molecule has 1 aliphatic heterocycles. The Morgan fingerprint density at radius 2 is 2.03 bits per heavy atom. The predicted octanol–water partition coefficient (Wildman–Crippen LogP) is 3.62. The van der Waals surface area contributed by atoms with Gasteiger partial charge >= 0.3 is 6.18 Å². The number of nitrogens with zero attached hydrogens (tertiary/aromatic N) is 4. The van der Waals surface area contributed by atoms with Gasteiger partial charge in [-0.2, -0.15) is 13.2 Å². The Morgan fingerprint density at radius 3 is 2.79 bits per heavy atom. The van der Waals surface area contributed by atoms with E-state index in [2.05, 4.69) is 15.0 Å². The molecule has 1 aliphatic rings. The van der Waals surface area contributed by atoms with Crippen LogP contribution in [-0.2, 0) is 16.1 Å². The highest BCUT2D eigenvalue weighted by Crippen LogP contribution is 2.24. The molecule has 11 heteroatoms. The lowest BCUT2D eigenvalue weighted by molar-refractivity contribution is -0.143. The number of ketones is 1. The van der Waals surface area contributed by atoms with Crippen molar-refractivity contribution in [2.75, 3.05) is 26.2 Å². The molecule has 0 bridgehead atoms. The molecule has 0 spiro atoms. The second kappa shape index (κ2) is 12.5. The summed E-state index contributed by atoms with van der Waals surface area (Å²) in [6, 6.07) is 10.8. The van der Waals surface area contributed by atoms with E-state index in [-0.39, 0.29) is 19.1 Å². The SMILES string of the molecule is O=C(CCC(F)(F)F)Cc1cccc(-c2cnc3cc(C=NOCC(O)CN4CCC(O)CC4)ccn23)c1. The van der Waals surface area contributed by atoms with Gasteiger partial charge in [0.05, 0.1) is 30.6 Å². The highest BCUT2D eigenvalue weighted by molar-refractivity contribution is 5.82. The van der Waals surface area contributed by atoms with Crippen molar-refractivity contribution in [3.8, 4) is 11.3 Å². The van der Waals surface area contributed by atoms with Gasteiger partial charge in [0.25, 0.3) is 0 Å². The molecule has 1 aromatic carbocycles. The van der Waals surface area contributed by atoms with Crippen LogP contribution in [0.5, 0.6) is 0 Å². The van der Waals surface area contributed by atoms with Gasteiger partial charge in [-0.1, -0.05) is 23.4 Å². The van der Waals surface area contributed by atoms with Crippen molar-refractivity contribution in [2.45, 2.75) is 50.5 Å². The molecule has 0 amide bonds. The standard InChI is InChI=1S/C27H31F3N4O4/c28-27(29,30)8-4-23(36)13-19-2-1-3-21(12-19)25-16-31-26-14-20(5-11-34(25)26)15-32-38-18-24(37)17-33-9-6-22(35)7-10-33/h1-3,5,11-12,14-16,22,24,35,37H,4,6-10,13,17-18H2. The van der Waals surface area contributed by atoms with Crippen LogP contribution in [0.25, 0.3) is 16.9 Å². The molecule has 0 radical (unpaired) electrons. The minimum atomic E-state index is -4.34. The normalized spacial score (nSPS) is 16.3. The van der Waals surface area contributed by atoms with Crippen LogP contribution in [0.2, 0.25) is 0 Å². The van der Waals surface area contributed by atoms with Crippen LogP contribution in [0.1, 0.15) is 36.8 Å². The van der Waals surface area contributed by atoms with E-state index < -0.39 is 30.9 Å². The number of Topliss-reactive ketones (excluding diaryl/α,β-unsaturated/α-hetero) is 1. The Bertz CT molecular complexity index is 1250. The van der Waals surface area contributed by atoms with Crippen LogP contribution in [0.3, 0.4) is 0 Å². The number of aliphatic hydroxyl groups excluding tert-OH is 2. The first-order valence-corrected chi connectivity index (χ1v) is 12.5. The molecule has 0 aliphatic carbocycles. The largest absolute Gasteiger partial charge is 0.393 e. The zero-order valence-corrected chi connectivity index (χ0v) is 20.8. The van der Waals surface area contributed by atoms with E-state index in [1.807, 2.05) is 28.8 Å². The van der Waals surface area contributed by atoms with Crippen molar-refractivity contribution in [3.05, 3.63) is 59.9 Å². The first-order chi connectivity index (χ1) is 18.2. The zero-order chi connectivity index (χ0) is 27.1. The number of rotatable bonds is 11. The summed E-state index contributed by atoms with van der Waals surface area (Å²) in [6.45, 7) is 2.02. The molecular formula is C27H31F3N4O4. The zero-order valence-electron chi connectivity index (χ0n) is 20.8. The van der Waals surface area contributed by atoms with Crippen LogP contribution in [0.15, 0.2) is 53.9 Å². The molecule has 204 valence electrons. The van der Waals surface area contributed by atoms with Gasteiger partial charge in [0.2, 0.25) is 0 Å². The fraction of sp³-hybridized carbons (Fsp3) is 0.444. The molecule has 1 unspecified atom stereocenters. The molecular weight excluding hydrogens is 501 g/mol. The van der Waals surface area contributed by atoms with Crippen molar-refractivity contribution in [3.63, 3.8) is 0 Å². The number of imidazole rings is 1. The van der Waals surface area contributed by atoms with Gasteiger partial charge in [0.15, 0.2) is 0 Å². The number of oxime groups is 1. The van der Waals surface area contributed by atoms with Gasteiger partial charge in [0.1, 0.15) is 24.1 Å². The van der Waals surface area contributed by atoms with Gasteiger partial charge in [0, 0.05) is 49.8 Å². The number of hydrogen-bond acceptors (Lipinski definition) is 7. The number of fused-ring (bicyclic) bond motifs is 1. The number of carbonyl (C=O) groups excluding carboxylic acids is 1. The Balaban J connectivity index is 1.32. The van der Waals surface area contributed by atoms with Crippen molar-refractivity contribution in [2.24, 2.45) is 5.16 Å². The van der Waals surface area contributed by atoms with Crippen LogP contribution in [-0.4, -0.2) is 81.1 Å². The van der Waals surface area contributed by atoms with Crippen LogP contribution >= 0.6 is 0 Å². The number of alkyl halides is 3. The van der Waals surface area contributed by atoms with Gasteiger partial charge in [-0.25, -0.2) is 4.98 Å². The molecule has 2 N–H and O–H groups in total. The summed E-state index contributed by atoms with van der Waals surface area (Å²) in [5, 5.41) is 23.7. The molecule has 38 heavy (non-hydrogen) atoms. The molecule has 1 atom stereocenters. The van der Waals surface area contributed by atoms with Crippen molar-refractivity contribution >= 4 is 17.6 Å². The molecule has 1 fully saturated rings. The number of hydrogen-bond donors (Lipinski definition) is 2. The molecule has 2 aromatic heterocycles. The van der Waals surface area contributed by atoms with Crippen LogP contribution < -0.4 is 0 Å². The van der Waals surface area contributed by atoms with E-state index in [1.165, 1.54) is 6.21 Å². The van der Waals surface area contributed by atoms with E-state index in [0.29, 0.717) is 30.6 Å². The quantitative estimate of drug-likeness (QED) is 0.289. The number of likely N-dealkylation sites (tertiary alicyclic amines) is 1. The first-order valence-electron chi connectivity index (χ1n) is 12.5. The second-order valence-electron chi connectivity index (χ2n) is 9.58. The molecule has 3 aromatic rings. The lowest BCUT2D eigenvalue weighted by atomic mass is 10.0. The summed E-state index contributed by atoms with van der Waals surface area (Å²) in [4.78, 5) is 23.8. The third-order valence-electron chi connectivity index (χ3n) is 6.42. The molecule has 1 saturated heterocycles. The lowest BCUT2D eigenvalue weighted by Crippen LogP contribution is -2.41. The Kier molecular flexibility index (Phi) is 9.13. The third-order valence-corrected chi connectivity index (χ3v) is 6.42. The summed E-state index contributed by atoms with van der Waals surface area (Å²) < 4.78 is 39.0. The molecule has 4 rings (SSSR count). The highest BCUT2D eigenvalue weighted by atomic mass is 19.4. The smallest absolute Gasteiger partial charge is 0.389 e. The Morgan fingerprint density at radius 1 is 1.24 bits per heavy atom. The summed E-state index contributed by atoms with van der Waals surface area (Å²) in [5.41, 5.74) is 3.62. The second-order valence-corrected chi connectivity index (χ2v) is 9.58. The van der Waals surface area contributed by atoms with Gasteiger partial charge < -0.3 is 20.0 Å². The van der Waals surface area contributed by atoms with Gasteiger partial charge in [-0.05, 0) is 36.6 Å². The number of carbonyl (C=O) groups is 1. The van der Waals surface area contributed by atoms with Crippen LogP contribution in [0.4, 0.5) is 13.2 Å². The number of piperidine rings is 1. The van der Waals surface area contributed by atoms with Crippen molar-refractivity contribution in [1.82, 2.24) is 14.3 Å². The van der Waals surface area contributed by atoms with E-state index in [0.717, 1.165) is 29.9 Å². The number of benzene rings is 1. The predicted molar refractivity (Wildman–Crippen MR) is 136 cm³/mol. The summed E-state index contributed by atoms with van der Waals surface area (Å²) in [5.74, 6) is -0.456. The maximum atomic E-state index is 12.4. The summed E-state index contributed by atoms with van der Waals surface area (Å²) in [7, 11) is 0. The summed E-state index contributed by atoms with van der Waals surface area (Å²) in [6.07, 6.45) is -0.524. The van der Waals surface area contributed by atoms with Gasteiger partial charge in [-0.15, -0.1) is 0 Å². The Hall–Kier alpha value is -3.28. The number of aliphatic hydroxyl groups is 2. The minimum Gasteiger partial charge on any atom is -0.393 e. The number of β-amino-alcohol motifs (C(OH)–C–C–N with tert-alkyl or cyclic N) is 1. The molecule has 8 nitrogen and oxygen atoms in total. The lowest BCUT2D eigenvalue weighted by Gasteiger charge is -2.30. The Labute approximate surface area is 218 Å². The average Bonchev–Trinajstić information content (AvgIpc) is 3.30. The first kappa shape index (κ1) is 27.7. The number of aromatic nitrogens is 2. The van der Waals surface area contributed by atoms with E-state index in [1.54, 1.807) is 24.4 Å².